The molecule has 0 aliphatic rings. The summed E-state index contributed by atoms with van der Waals surface area (Å²) in [6, 6.07) is 6.20. The van der Waals surface area contributed by atoms with Crippen LogP contribution in [-0.4, -0.2) is 13.7 Å². The van der Waals surface area contributed by atoms with Crippen molar-refractivity contribution in [1.82, 2.24) is 0 Å². The van der Waals surface area contributed by atoms with E-state index >= 15 is 0 Å². The van der Waals surface area contributed by atoms with Crippen molar-refractivity contribution < 1.29 is 4.74 Å². The summed E-state index contributed by atoms with van der Waals surface area (Å²) < 4.78 is 5.32. The van der Waals surface area contributed by atoms with Gasteiger partial charge in [0.1, 0.15) is 5.75 Å². The van der Waals surface area contributed by atoms with Crippen LogP contribution in [0.4, 0.5) is 0 Å². The van der Waals surface area contributed by atoms with Crippen LogP contribution >= 0.6 is 0 Å². The Hall–Kier alpha value is -1.06. The van der Waals surface area contributed by atoms with Gasteiger partial charge in [0.05, 0.1) is 7.11 Å². The Labute approximate surface area is 104 Å². The maximum Gasteiger partial charge on any atom is 0.122 e. The van der Waals surface area contributed by atoms with Crippen LogP contribution in [0.2, 0.25) is 0 Å². The third-order valence-corrected chi connectivity index (χ3v) is 3.41. The molecule has 0 aromatic heterocycles. The molecule has 2 atom stereocenters. The smallest absolute Gasteiger partial charge is 0.122 e. The minimum atomic E-state index is 0.0150. The lowest BCUT2D eigenvalue weighted by Gasteiger charge is -2.22. The highest BCUT2D eigenvalue weighted by Gasteiger charge is 2.17. The van der Waals surface area contributed by atoms with Crippen molar-refractivity contribution in [3.05, 3.63) is 29.3 Å². The highest BCUT2D eigenvalue weighted by Crippen LogP contribution is 2.27. The van der Waals surface area contributed by atoms with Crippen molar-refractivity contribution in [3.63, 3.8) is 0 Å². The first-order valence-corrected chi connectivity index (χ1v) is 6.30. The lowest BCUT2D eigenvalue weighted by Crippen LogP contribution is -2.27. The fourth-order valence-electron chi connectivity index (χ4n) is 2.12. The molecule has 1 aromatic carbocycles. The average Bonchev–Trinajstić information content (AvgIpc) is 2.39. The standard InChI is InChI=1S/C14H24N2O/c1-4-10-8-12(6-7-13(10)17-3)14(16)11(5-2)9-15/h6-8,11,14H,4-5,9,15-16H2,1-3H3. The first-order chi connectivity index (χ1) is 8.17. The van der Waals surface area contributed by atoms with Gasteiger partial charge in [0.25, 0.3) is 0 Å². The fourth-order valence-corrected chi connectivity index (χ4v) is 2.12. The van der Waals surface area contributed by atoms with E-state index in [2.05, 4.69) is 19.9 Å². The molecule has 0 heterocycles. The fraction of sp³-hybridized carbons (Fsp3) is 0.571. The molecule has 0 saturated heterocycles. The molecule has 0 aliphatic heterocycles. The summed E-state index contributed by atoms with van der Waals surface area (Å²) in [5.41, 5.74) is 14.4. The molecule has 1 rings (SSSR count). The van der Waals surface area contributed by atoms with Gasteiger partial charge in [-0.15, -0.1) is 0 Å². The first kappa shape index (κ1) is 14.0. The minimum absolute atomic E-state index is 0.0150. The second kappa shape index (κ2) is 6.62. The van der Waals surface area contributed by atoms with Crippen LogP contribution in [0.5, 0.6) is 5.75 Å². The number of ether oxygens (including phenoxy) is 1. The Balaban J connectivity index is 2.98. The molecule has 0 bridgehead atoms. The van der Waals surface area contributed by atoms with Crippen LogP contribution in [0.15, 0.2) is 18.2 Å². The zero-order chi connectivity index (χ0) is 12.8. The van der Waals surface area contributed by atoms with Crippen LogP contribution in [0.25, 0.3) is 0 Å². The Bertz CT molecular complexity index is 348. The van der Waals surface area contributed by atoms with Gasteiger partial charge in [-0.1, -0.05) is 32.4 Å². The van der Waals surface area contributed by atoms with Crippen LogP contribution in [-0.2, 0) is 6.42 Å². The van der Waals surface area contributed by atoms with Crippen molar-refractivity contribution >= 4 is 0 Å². The number of rotatable bonds is 6. The molecule has 3 nitrogen and oxygen atoms in total. The molecule has 0 radical (unpaired) electrons. The number of benzene rings is 1. The van der Waals surface area contributed by atoms with Gasteiger partial charge in [-0.3, -0.25) is 0 Å². The van der Waals surface area contributed by atoms with Gasteiger partial charge in [0.2, 0.25) is 0 Å². The highest BCUT2D eigenvalue weighted by atomic mass is 16.5. The van der Waals surface area contributed by atoms with Gasteiger partial charge in [-0.2, -0.15) is 0 Å². The average molecular weight is 236 g/mol. The molecule has 0 fully saturated rings. The topological polar surface area (TPSA) is 61.3 Å². The van der Waals surface area contributed by atoms with Crippen LogP contribution in [0.1, 0.15) is 37.4 Å². The van der Waals surface area contributed by atoms with Crippen molar-refractivity contribution in [2.75, 3.05) is 13.7 Å². The van der Waals surface area contributed by atoms with Gasteiger partial charge in [-0.25, -0.2) is 0 Å². The molecular formula is C14H24N2O. The van der Waals surface area contributed by atoms with E-state index in [1.807, 2.05) is 12.1 Å². The number of hydrogen-bond acceptors (Lipinski definition) is 3. The van der Waals surface area contributed by atoms with Crippen LogP contribution < -0.4 is 16.2 Å². The third kappa shape index (κ3) is 3.20. The Kier molecular flexibility index (Phi) is 5.45. The summed E-state index contributed by atoms with van der Waals surface area (Å²) in [4.78, 5) is 0. The summed E-state index contributed by atoms with van der Waals surface area (Å²) in [7, 11) is 1.70. The van der Waals surface area contributed by atoms with E-state index in [-0.39, 0.29) is 6.04 Å². The normalized spacial score (nSPS) is 14.4. The largest absolute Gasteiger partial charge is 0.496 e. The Morgan fingerprint density at radius 2 is 2.00 bits per heavy atom. The van der Waals surface area contributed by atoms with Crippen molar-refractivity contribution in [2.24, 2.45) is 17.4 Å². The summed E-state index contributed by atoms with van der Waals surface area (Å²) in [5, 5.41) is 0. The van der Waals surface area contributed by atoms with Crippen molar-refractivity contribution in [1.29, 1.82) is 0 Å². The Morgan fingerprint density at radius 3 is 2.47 bits per heavy atom. The SMILES string of the molecule is CCc1cc(C(N)C(CC)CN)ccc1OC. The molecule has 0 saturated carbocycles. The van der Waals surface area contributed by atoms with Gasteiger partial charge in [0, 0.05) is 6.04 Å². The summed E-state index contributed by atoms with van der Waals surface area (Å²) in [6.07, 6.45) is 1.95. The lowest BCUT2D eigenvalue weighted by atomic mass is 9.90. The molecule has 0 aliphatic carbocycles. The van der Waals surface area contributed by atoms with Gasteiger partial charge in [0.15, 0.2) is 0 Å². The number of nitrogens with two attached hydrogens (primary N) is 2. The predicted molar refractivity (Wildman–Crippen MR) is 72.1 cm³/mol. The molecule has 0 amide bonds. The second-order valence-electron chi connectivity index (χ2n) is 4.35. The maximum atomic E-state index is 6.25. The Morgan fingerprint density at radius 1 is 1.29 bits per heavy atom. The zero-order valence-corrected chi connectivity index (χ0v) is 11.1. The molecule has 4 N–H and O–H groups in total. The summed E-state index contributed by atoms with van der Waals surface area (Å²) >= 11 is 0. The zero-order valence-electron chi connectivity index (χ0n) is 11.1. The minimum Gasteiger partial charge on any atom is -0.496 e. The summed E-state index contributed by atoms with van der Waals surface area (Å²) in [6.45, 7) is 4.88. The lowest BCUT2D eigenvalue weighted by molar-refractivity contribution is 0.407. The molecule has 0 spiro atoms. The van der Waals surface area contributed by atoms with E-state index in [1.54, 1.807) is 7.11 Å². The molecule has 3 heteroatoms. The van der Waals surface area contributed by atoms with Crippen LogP contribution in [0, 0.1) is 5.92 Å². The number of methoxy groups -OCH3 is 1. The van der Waals surface area contributed by atoms with Gasteiger partial charge < -0.3 is 16.2 Å². The molecule has 1 aromatic rings. The molecule has 96 valence electrons. The third-order valence-electron chi connectivity index (χ3n) is 3.41. The number of aryl methyl sites for hydroxylation is 1. The van der Waals surface area contributed by atoms with Gasteiger partial charge in [-0.05, 0) is 36.1 Å². The predicted octanol–water partition coefficient (Wildman–Crippen LogP) is 2.24. The van der Waals surface area contributed by atoms with E-state index in [1.165, 1.54) is 5.56 Å². The molecule has 17 heavy (non-hydrogen) atoms. The highest BCUT2D eigenvalue weighted by molar-refractivity contribution is 5.38. The maximum absolute atomic E-state index is 6.25. The van der Waals surface area contributed by atoms with E-state index in [0.29, 0.717) is 12.5 Å². The summed E-state index contributed by atoms with van der Waals surface area (Å²) in [5.74, 6) is 1.28. The van der Waals surface area contributed by atoms with Crippen molar-refractivity contribution in [2.45, 2.75) is 32.7 Å². The van der Waals surface area contributed by atoms with E-state index < -0.39 is 0 Å². The monoisotopic (exact) mass is 236 g/mol. The van der Waals surface area contributed by atoms with E-state index in [0.717, 1.165) is 24.2 Å². The van der Waals surface area contributed by atoms with Crippen LogP contribution in [0.3, 0.4) is 0 Å². The number of hydrogen-bond donors (Lipinski definition) is 2. The first-order valence-electron chi connectivity index (χ1n) is 6.30. The van der Waals surface area contributed by atoms with E-state index in [9.17, 15) is 0 Å². The molecule has 2 unspecified atom stereocenters. The van der Waals surface area contributed by atoms with Crippen molar-refractivity contribution in [3.8, 4) is 5.75 Å². The second-order valence-corrected chi connectivity index (χ2v) is 4.35. The van der Waals surface area contributed by atoms with Gasteiger partial charge >= 0.3 is 0 Å². The van der Waals surface area contributed by atoms with E-state index in [4.69, 9.17) is 16.2 Å². The molecular weight excluding hydrogens is 212 g/mol. The quantitative estimate of drug-likeness (QED) is 0.796.